The summed E-state index contributed by atoms with van der Waals surface area (Å²) >= 11 is 0. The summed E-state index contributed by atoms with van der Waals surface area (Å²) in [6.45, 7) is 7.52. The van der Waals surface area contributed by atoms with Crippen LogP contribution < -0.4 is 0 Å². The molecule has 0 saturated heterocycles. The summed E-state index contributed by atoms with van der Waals surface area (Å²) in [7, 11) is 0. The molecule has 0 aliphatic carbocycles. The minimum Gasteiger partial charge on any atom is -0.462 e. The third kappa shape index (κ3) is 58.9. The number of ether oxygens (including phenoxy) is 3. The summed E-state index contributed by atoms with van der Waals surface area (Å²) in [5.74, 6) is -0.506. The SMILES string of the molecule is CC/C=C\C/C=C\C/C=C\C/C=C\C/C=C\C/C=C\CCC(=O)OCC(COCCCCCCCCCCCC/C=C\CCCCCCCC)OC(=O)CCCCCCCCC/C=C\C/C=C\C/C=C\CC. The van der Waals surface area contributed by atoms with E-state index >= 15 is 0 Å². The maximum absolute atomic E-state index is 12.9. The Bertz CT molecular complexity index is 1450. The molecule has 0 amide bonds. The van der Waals surface area contributed by atoms with E-state index < -0.39 is 6.10 Å². The highest BCUT2D eigenvalue weighted by molar-refractivity contribution is 5.70. The molecule has 0 aliphatic heterocycles. The Morgan fingerprint density at radius 3 is 1.07 bits per heavy atom. The fourth-order valence-corrected chi connectivity index (χ4v) is 8.08. The zero-order valence-corrected chi connectivity index (χ0v) is 47.2. The molecule has 0 heterocycles. The minimum atomic E-state index is -0.582. The Morgan fingerprint density at radius 1 is 0.319 bits per heavy atom. The van der Waals surface area contributed by atoms with Crippen molar-refractivity contribution in [2.24, 2.45) is 0 Å². The number of carbonyl (C=O) groups excluding carboxylic acids is 2. The van der Waals surface area contributed by atoms with Crippen molar-refractivity contribution in [1.82, 2.24) is 0 Å². The van der Waals surface area contributed by atoms with Gasteiger partial charge in [0.2, 0.25) is 0 Å². The predicted octanol–water partition coefficient (Wildman–Crippen LogP) is 20.9. The molecule has 0 radical (unpaired) electrons. The van der Waals surface area contributed by atoms with Crippen LogP contribution in [-0.2, 0) is 23.8 Å². The lowest BCUT2D eigenvalue weighted by atomic mass is 10.1. The van der Waals surface area contributed by atoms with Gasteiger partial charge in [-0.05, 0) is 116 Å². The standard InChI is InChI=1S/C67H112O5/c1-4-7-10-13-16-19-22-25-28-31-33-35-38-41-44-47-50-53-56-59-62-70-63-65(72-67(69)61-58-55-52-49-46-43-40-36-30-27-24-21-18-15-12-9-6-3)64-71-66(68)60-57-54-51-48-45-42-39-37-34-32-29-26-23-20-17-14-11-8-5-2/h8-9,11-12,17-18,20-21,25-30,34,37,42,45,51,54,65H,4-7,10,13-16,19,22-24,31-33,35-36,38-41,43-44,46-50,52-53,55-64H2,1-3H3/b11-8-,12-9-,20-17-,21-18-,28-25-,29-26-,30-27-,37-34-,45-42-,54-51-. The molecule has 0 saturated carbocycles. The maximum Gasteiger partial charge on any atom is 0.306 e. The molecule has 0 rings (SSSR count). The molecule has 5 heteroatoms. The topological polar surface area (TPSA) is 61.8 Å². The normalized spacial score (nSPS) is 13.1. The Balaban J connectivity index is 4.41. The highest BCUT2D eigenvalue weighted by Gasteiger charge is 2.17. The van der Waals surface area contributed by atoms with Gasteiger partial charge in [-0.2, -0.15) is 0 Å². The summed E-state index contributed by atoms with van der Waals surface area (Å²) in [6.07, 6.45) is 86.7. The smallest absolute Gasteiger partial charge is 0.306 e. The van der Waals surface area contributed by atoms with Gasteiger partial charge in [-0.15, -0.1) is 0 Å². The van der Waals surface area contributed by atoms with Crippen LogP contribution in [0.3, 0.4) is 0 Å². The van der Waals surface area contributed by atoms with Crippen LogP contribution in [0.4, 0.5) is 0 Å². The second kappa shape index (κ2) is 61.6. The lowest BCUT2D eigenvalue weighted by molar-refractivity contribution is -0.162. The van der Waals surface area contributed by atoms with Gasteiger partial charge in [0.05, 0.1) is 6.61 Å². The molecule has 0 bridgehead atoms. The zero-order chi connectivity index (χ0) is 52.0. The van der Waals surface area contributed by atoms with Gasteiger partial charge in [0, 0.05) is 19.4 Å². The molecule has 410 valence electrons. The molecule has 1 unspecified atom stereocenters. The van der Waals surface area contributed by atoms with Gasteiger partial charge < -0.3 is 14.2 Å². The van der Waals surface area contributed by atoms with Gasteiger partial charge >= 0.3 is 11.9 Å². The zero-order valence-electron chi connectivity index (χ0n) is 47.2. The van der Waals surface area contributed by atoms with Gasteiger partial charge in [-0.3, -0.25) is 9.59 Å². The molecule has 1 atom stereocenters. The van der Waals surface area contributed by atoms with Crippen molar-refractivity contribution in [3.8, 4) is 0 Å². The van der Waals surface area contributed by atoms with E-state index in [4.69, 9.17) is 14.2 Å². The molecule has 0 spiro atoms. The van der Waals surface area contributed by atoms with Gasteiger partial charge in [0.15, 0.2) is 6.10 Å². The van der Waals surface area contributed by atoms with E-state index in [9.17, 15) is 9.59 Å². The van der Waals surface area contributed by atoms with Gasteiger partial charge in [-0.25, -0.2) is 0 Å². The summed E-state index contributed by atoms with van der Waals surface area (Å²) in [5.41, 5.74) is 0. The third-order valence-electron chi connectivity index (χ3n) is 12.5. The Kier molecular flexibility index (Phi) is 58.4. The molecule has 0 N–H and O–H groups in total. The van der Waals surface area contributed by atoms with Crippen molar-refractivity contribution in [3.63, 3.8) is 0 Å². The Morgan fingerprint density at radius 2 is 0.653 bits per heavy atom. The number of allylic oxidation sites excluding steroid dienone is 20. The summed E-state index contributed by atoms with van der Waals surface area (Å²) in [6, 6.07) is 0. The lowest BCUT2D eigenvalue weighted by Crippen LogP contribution is -2.30. The van der Waals surface area contributed by atoms with E-state index in [1.165, 1.54) is 128 Å². The van der Waals surface area contributed by atoms with Crippen LogP contribution in [0, 0.1) is 0 Å². The Hall–Kier alpha value is -3.70. The van der Waals surface area contributed by atoms with Crippen molar-refractivity contribution >= 4 is 11.9 Å². The molecule has 72 heavy (non-hydrogen) atoms. The summed E-state index contributed by atoms with van der Waals surface area (Å²) in [5, 5.41) is 0. The highest BCUT2D eigenvalue weighted by atomic mass is 16.6. The maximum atomic E-state index is 12.9. The summed E-state index contributed by atoms with van der Waals surface area (Å²) in [4.78, 5) is 25.5. The lowest BCUT2D eigenvalue weighted by Gasteiger charge is -2.18. The van der Waals surface area contributed by atoms with E-state index in [0.717, 1.165) is 96.3 Å². The Labute approximate surface area is 446 Å². The van der Waals surface area contributed by atoms with Crippen LogP contribution in [0.1, 0.15) is 265 Å². The molecule has 0 aromatic carbocycles. The van der Waals surface area contributed by atoms with E-state index in [2.05, 4.69) is 136 Å². The second-order valence-electron chi connectivity index (χ2n) is 19.5. The van der Waals surface area contributed by atoms with Crippen LogP contribution in [0.5, 0.6) is 0 Å². The average molecular weight is 998 g/mol. The van der Waals surface area contributed by atoms with Gasteiger partial charge in [-0.1, -0.05) is 258 Å². The van der Waals surface area contributed by atoms with E-state index in [-0.39, 0.29) is 25.2 Å². The molecular formula is C67H112O5. The fraction of sp³-hybridized carbons (Fsp3) is 0.672. The first-order valence-corrected chi connectivity index (χ1v) is 30.1. The molecule has 0 fully saturated rings. The van der Waals surface area contributed by atoms with Crippen LogP contribution >= 0.6 is 0 Å². The van der Waals surface area contributed by atoms with E-state index in [1.54, 1.807) is 0 Å². The minimum absolute atomic E-state index is 0.0345. The third-order valence-corrected chi connectivity index (χ3v) is 12.5. The largest absolute Gasteiger partial charge is 0.462 e. The number of unbranched alkanes of at least 4 members (excludes halogenated alkanes) is 23. The quantitative estimate of drug-likeness (QED) is 0.0345. The average Bonchev–Trinajstić information content (AvgIpc) is 3.38. The molecule has 0 aromatic rings. The fourth-order valence-electron chi connectivity index (χ4n) is 8.08. The van der Waals surface area contributed by atoms with Crippen LogP contribution in [0.2, 0.25) is 0 Å². The van der Waals surface area contributed by atoms with Crippen LogP contribution in [0.25, 0.3) is 0 Å². The molecule has 5 nitrogen and oxygen atoms in total. The highest BCUT2D eigenvalue weighted by Crippen LogP contribution is 2.14. The van der Waals surface area contributed by atoms with Crippen molar-refractivity contribution in [1.29, 1.82) is 0 Å². The van der Waals surface area contributed by atoms with E-state index in [0.29, 0.717) is 25.9 Å². The molecule has 0 aromatic heterocycles. The first-order chi connectivity index (χ1) is 35.6. The second-order valence-corrected chi connectivity index (χ2v) is 19.5. The number of hydrogen-bond acceptors (Lipinski definition) is 5. The molecular weight excluding hydrogens is 885 g/mol. The van der Waals surface area contributed by atoms with Gasteiger partial charge in [0.25, 0.3) is 0 Å². The van der Waals surface area contributed by atoms with Crippen molar-refractivity contribution < 1.29 is 23.8 Å². The number of carbonyl (C=O) groups is 2. The number of esters is 2. The first-order valence-electron chi connectivity index (χ1n) is 30.1. The van der Waals surface area contributed by atoms with Crippen LogP contribution in [-0.4, -0.2) is 37.9 Å². The number of hydrogen-bond donors (Lipinski definition) is 0. The summed E-state index contributed by atoms with van der Waals surface area (Å²) < 4.78 is 17.4. The molecule has 0 aliphatic rings. The van der Waals surface area contributed by atoms with Gasteiger partial charge in [0.1, 0.15) is 6.61 Å². The van der Waals surface area contributed by atoms with Crippen molar-refractivity contribution in [3.05, 3.63) is 122 Å². The first kappa shape index (κ1) is 68.3. The van der Waals surface area contributed by atoms with Crippen LogP contribution in [0.15, 0.2) is 122 Å². The van der Waals surface area contributed by atoms with E-state index in [1.807, 2.05) is 6.08 Å². The number of rotatable bonds is 54. The predicted molar refractivity (Wildman–Crippen MR) is 316 cm³/mol. The van der Waals surface area contributed by atoms with Crippen molar-refractivity contribution in [2.75, 3.05) is 19.8 Å². The monoisotopic (exact) mass is 997 g/mol. The van der Waals surface area contributed by atoms with Crippen molar-refractivity contribution in [2.45, 2.75) is 271 Å².